The average Bonchev–Trinajstić information content (AvgIpc) is 2.75. The number of anilines is 1. The minimum absolute atomic E-state index is 0.187. The van der Waals surface area contributed by atoms with Crippen LogP contribution in [0.2, 0.25) is 0 Å². The minimum atomic E-state index is -0.979. The highest BCUT2D eigenvalue weighted by Crippen LogP contribution is 2.13. The van der Waals surface area contributed by atoms with Crippen LogP contribution >= 0.6 is 0 Å². The maximum Gasteiger partial charge on any atom is 0.339 e. The number of aromatic nitrogens is 3. The Morgan fingerprint density at radius 2 is 2.21 bits per heavy atom. The summed E-state index contributed by atoms with van der Waals surface area (Å²) >= 11 is 0. The van der Waals surface area contributed by atoms with Crippen LogP contribution in [-0.2, 0) is 13.5 Å². The maximum atomic E-state index is 11.1. The zero-order valence-corrected chi connectivity index (χ0v) is 10.9. The largest absolute Gasteiger partial charge is 0.478 e. The van der Waals surface area contributed by atoms with Crippen molar-refractivity contribution in [1.82, 2.24) is 14.8 Å². The Bertz CT molecular complexity index is 592. The van der Waals surface area contributed by atoms with Crippen molar-refractivity contribution < 1.29 is 9.90 Å². The van der Waals surface area contributed by atoms with Gasteiger partial charge in [-0.2, -0.15) is 5.10 Å². The molecule has 0 amide bonds. The second-order valence-electron chi connectivity index (χ2n) is 4.31. The fraction of sp³-hybridized carbons (Fsp3) is 0.308. The molecule has 0 atom stereocenters. The highest BCUT2D eigenvalue weighted by molar-refractivity contribution is 5.93. The van der Waals surface area contributed by atoms with Crippen molar-refractivity contribution >= 4 is 11.8 Å². The van der Waals surface area contributed by atoms with Gasteiger partial charge in [0.15, 0.2) is 0 Å². The van der Waals surface area contributed by atoms with Gasteiger partial charge in [0, 0.05) is 31.9 Å². The molecule has 2 aromatic rings. The summed E-state index contributed by atoms with van der Waals surface area (Å²) in [5, 5.41) is 16.4. The molecule has 100 valence electrons. The van der Waals surface area contributed by atoms with Gasteiger partial charge in [-0.3, -0.25) is 4.68 Å². The third-order valence-electron chi connectivity index (χ3n) is 2.71. The van der Waals surface area contributed by atoms with E-state index in [4.69, 9.17) is 5.11 Å². The van der Waals surface area contributed by atoms with Gasteiger partial charge in [0.1, 0.15) is 11.4 Å². The lowest BCUT2D eigenvalue weighted by molar-refractivity contribution is 0.0697. The molecule has 6 nitrogen and oxygen atoms in total. The molecule has 19 heavy (non-hydrogen) atoms. The molecule has 0 fully saturated rings. The number of pyridine rings is 1. The van der Waals surface area contributed by atoms with Crippen LogP contribution in [0, 0.1) is 6.92 Å². The number of nitrogens with one attached hydrogen (secondary N) is 1. The van der Waals surface area contributed by atoms with Crippen molar-refractivity contribution in [2.75, 3.05) is 11.9 Å². The number of carboxylic acid groups (broad SMARTS) is 1. The van der Waals surface area contributed by atoms with Crippen LogP contribution in [0.4, 0.5) is 5.82 Å². The standard InChI is InChI=1S/C13H16N4O2/c1-9-3-4-11(13(18)19)12(15-9)14-7-5-10-6-8-17(2)16-10/h3-4,6,8H,5,7H2,1-2H3,(H,14,15)(H,18,19). The number of hydrogen-bond acceptors (Lipinski definition) is 4. The molecule has 0 bridgehead atoms. The van der Waals surface area contributed by atoms with Crippen LogP contribution < -0.4 is 5.32 Å². The number of hydrogen-bond donors (Lipinski definition) is 2. The van der Waals surface area contributed by atoms with Gasteiger partial charge in [-0.15, -0.1) is 0 Å². The topological polar surface area (TPSA) is 80.0 Å². The smallest absolute Gasteiger partial charge is 0.339 e. The number of rotatable bonds is 5. The summed E-state index contributed by atoms with van der Waals surface area (Å²) in [6.07, 6.45) is 2.60. The van der Waals surface area contributed by atoms with Crippen LogP contribution in [-0.4, -0.2) is 32.4 Å². The summed E-state index contributed by atoms with van der Waals surface area (Å²) in [4.78, 5) is 15.3. The Balaban J connectivity index is 2.02. The van der Waals surface area contributed by atoms with Crippen molar-refractivity contribution in [1.29, 1.82) is 0 Å². The van der Waals surface area contributed by atoms with Gasteiger partial charge in [0.05, 0.1) is 5.69 Å². The summed E-state index contributed by atoms with van der Waals surface area (Å²) in [5.74, 6) is -0.573. The number of aromatic carboxylic acids is 1. The molecule has 0 spiro atoms. The highest BCUT2D eigenvalue weighted by Gasteiger charge is 2.11. The molecule has 2 N–H and O–H groups in total. The van der Waals surface area contributed by atoms with Gasteiger partial charge in [0.2, 0.25) is 0 Å². The predicted octanol–water partition coefficient (Wildman–Crippen LogP) is 1.48. The lowest BCUT2D eigenvalue weighted by Crippen LogP contribution is -2.12. The molecule has 0 saturated carbocycles. The average molecular weight is 260 g/mol. The van der Waals surface area contributed by atoms with E-state index in [9.17, 15) is 4.79 Å². The van der Waals surface area contributed by atoms with Crippen LogP contribution in [0.15, 0.2) is 24.4 Å². The molecule has 2 aromatic heterocycles. The van der Waals surface area contributed by atoms with Crippen LogP contribution in [0.3, 0.4) is 0 Å². The molecule has 0 aliphatic rings. The van der Waals surface area contributed by atoms with E-state index < -0.39 is 5.97 Å². The Hall–Kier alpha value is -2.37. The number of nitrogens with zero attached hydrogens (tertiary/aromatic N) is 3. The summed E-state index contributed by atoms with van der Waals surface area (Å²) in [6.45, 7) is 2.42. The Kier molecular flexibility index (Phi) is 3.79. The Morgan fingerprint density at radius 3 is 2.84 bits per heavy atom. The maximum absolute atomic E-state index is 11.1. The summed E-state index contributed by atoms with van der Waals surface area (Å²) < 4.78 is 1.74. The van der Waals surface area contributed by atoms with Gasteiger partial charge in [0.25, 0.3) is 0 Å². The van der Waals surface area contributed by atoms with Crippen molar-refractivity contribution in [3.63, 3.8) is 0 Å². The zero-order valence-electron chi connectivity index (χ0n) is 10.9. The molecule has 0 aliphatic heterocycles. The molecule has 0 saturated heterocycles. The van der Waals surface area contributed by atoms with Gasteiger partial charge < -0.3 is 10.4 Å². The van der Waals surface area contributed by atoms with Gasteiger partial charge in [-0.05, 0) is 25.1 Å². The van der Waals surface area contributed by atoms with E-state index in [-0.39, 0.29) is 5.56 Å². The molecule has 0 radical (unpaired) electrons. The van der Waals surface area contributed by atoms with E-state index in [0.29, 0.717) is 12.4 Å². The molecule has 2 heterocycles. The summed E-state index contributed by atoms with van der Waals surface area (Å²) in [5.41, 5.74) is 1.93. The highest BCUT2D eigenvalue weighted by atomic mass is 16.4. The first kappa shape index (κ1) is 13.1. The normalized spacial score (nSPS) is 10.4. The van der Waals surface area contributed by atoms with E-state index in [2.05, 4.69) is 15.4 Å². The summed E-state index contributed by atoms with van der Waals surface area (Å²) in [7, 11) is 1.86. The molecule has 0 aliphatic carbocycles. The van der Waals surface area contributed by atoms with Crippen LogP contribution in [0.5, 0.6) is 0 Å². The van der Waals surface area contributed by atoms with E-state index in [0.717, 1.165) is 17.8 Å². The molecular formula is C13H16N4O2. The third-order valence-corrected chi connectivity index (χ3v) is 2.71. The molecule has 0 aromatic carbocycles. The molecule has 6 heteroatoms. The van der Waals surface area contributed by atoms with E-state index in [1.165, 1.54) is 0 Å². The second-order valence-corrected chi connectivity index (χ2v) is 4.31. The van der Waals surface area contributed by atoms with E-state index >= 15 is 0 Å². The Morgan fingerprint density at radius 1 is 1.42 bits per heavy atom. The number of aryl methyl sites for hydroxylation is 2. The third kappa shape index (κ3) is 3.31. The predicted molar refractivity (Wildman–Crippen MR) is 71.3 cm³/mol. The van der Waals surface area contributed by atoms with Gasteiger partial charge in [-0.25, -0.2) is 9.78 Å². The van der Waals surface area contributed by atoms with Crippen molar-refractivity contribution in [2.45, 2.75) is 13.3 Å². The fourth-order valence-corrected chi connectivity index (χ4v) is 1.77. The van der Waals surface area contributed by atoms with Crippen molar-refractivity contribution in [3.05, 3.63) is 41.3 Å². The van der Waals surface area contributed by atoms with Crippen molar-refractivity contribution in [3.8, 4) is 0 Å². The fourth-order valence-electron chi connectivity index (χ4n) is 1.77. The first-order valence-electron chi connectivity index (χ1n) is 5.99. The quantitative estimate of drug-likeness (QED) is 0.851. The minimum Gasteiger partial charge on any atom is -0.478 e. The zero-order chi connectivity index (χ0) is 13.8. The Labute approximate surface area is 111 Å². The monoisotopic (exact) mass is 260 g/mol. The first-order valence-corrected chi connectivity index (χ1v) is 5.99. The number of carboxylic acids is 1. The molecule has 0 unspecified atom stereocenters. The summed E-state index contributed by atoms with van der Waals surface area (Å²) in [6, 6.07) is 5.19. The lowest BCUT2D eigenvalue weighted by atomic mass is 10.2. The van der Waals surface area contributed by atoms with Crippen LogP contribution in [0.1, 0.15) is 21.7 Å². The molecule has 2 rings (SSSR count). The number of carbonyl (C=O) groups is 1. The van der Waals surface area contributed by atoms with Gasteiger partial charge >= 0.3 is 5.97 Å². The van der Waals surface area contributed by atoms with E-state index in [1.54, 1.807) is 16.8 Å². The first-order chi connectivity index (χ1) is 9.06. The molecular weight excluding hydrogens is 244 g/mol. The SMILES string of the molecule is Cc1ccc(C(=O)O)c(NCCc2ccn(C)n2)n1. The lowest BCUT2D eigenvalue weighted by Gasteiger charge is -2.08. The van der Waals surface area contributed by atoms with Crippen molar-refractivity contribution in [2.24, 2.45) is 7.05 Å². The van der Waals surface area contributed by atoms with Gasteiger partial charge in [-0.1, -0.05) is 0 Å². The second kappa shape index (κ2) is 5.51. The van der Waals surface area contributed by atoms with E-state index in [1.807, 2.05) is 26.2 Å². The van der Waals surface area contributed by atoms with Crippen LogP contribution in [0.25, 0.3) is 0 Å².